The molecular formula is C27H34N2O2. The maximum Gasteiger partial charge on any atom is 0.286 e. The first-order chi connectivity index (χ1) is 14.8. The molecule has 3 aromatic rings. The summed E-state index contributed by atoms with van der Waals surface area (Å²) in [7, 11) is 2.06. The molecule has 1 heterocycles. The molecule has 0 aliphatic rings. The number of rotatable bonds is 8. The molecule has 1 N–H and O–H groups in total. The number of carbonyl (C=O) groups is 1. The third kappa shape index (κ3) is 5.19. The van der Waals surface area contributed by atoms with Crippen molar-refractivity contribution >= 4 is 11.6 Å². The Morgan fingerprint density at radius 1 is 0.871 bits per heavy atom. The van der Waals surface area contributed by atoms with Crippen LogP contribution >= 0.6 is 0 Å². The van der Waals surface area contributed by atoms with E-state index < -0.39 is 0 Å². The number of amides is 1. The molecule has 1 aromatic heterocycles. The van der Waals surface area contributed by atoms with Gasteiger partial charge in [-0.2, -0.15) is 0 Å². The van der Waals surface area contributed by atoms with Crippen molar-refractivity contribution in [3.8, 4) is 0 Å². The molecule has 0 saturated heterocycles. The lowest BCUT2D eigenvalue weighted by Gasteiger charge is -2.19. The van der Waals surface area contributed by atoms with E-state index in [0.717, 1.165) is 18.7 Å². The summed E-state index contributed by atoms with van der Waals surface area (Å²) in [6.07, 6.45) is 1.57. The van der Waals surface area contributed by atoms with Gasteiger partial charge in [-0.05, 0) is 98.7 Å². The van der Waals surface area contributed by atoms with Gasteiger partial charge in [-0.3, -0.25) is 4.79 Å². The molecule has 0 bridgehead atoms. The minimum Gasteiger partial charge on any atom is -0.456 e. The molecule has 0 spiro atoms. The van der Waals surface area contributed by atoms with Gasteiger partial charge in [0.15, 0.2) is 5.76 Å². The zero-order valence-corrected chi connectivity index (χ0v) is 19.6. The van der Waals surface area contributed by atoms with E-state index in [9.17, 15) is 4.79 Å². The van der Waals surface area contributed by atoms with Crippen molar-refractivity contribution < 1.29 is 9.21 Å². The molecule has 0 radical (unpaired) electrons. The lowest BCUT2D eigenvalue weighted by molar-refractivity contribution is 0.0924. The number of para-hydroxylation sites is 1. The van der Waals surface area contributed by atoms with Gasteiger partial charge in [0.05, 0.1) is 0 Å². The first-order valence-corrected chi connectivity index (χ1v) is 11.0. The van der Waals surface area contributed by atoms with Crippen LogP contribution in [0.1, 0.15) is 56.1 Å². The molecule has 4 heteroatoms. The Kier molecular flexibility index (Phi) is 7.21. The van der Waals surface area contributed by atoms with Crippen LogP contribution in [-0.2, 0) is 6.42 Å². The Labute approximate surface area is 186 Å². The second-order valence-electron chi connectivity index (χ2n) is 8.41. The van der Waals surface area contributed by atoms with Gasteiger partial charge in [-0.1, -0.05) is 18.2 Å². The van der Waals surface area contributed by atoms with Gasteiger partial charge in [0.2, 0.25) is 0 Å². The minimum atomic E-state index is -0.154. The number of nitrogens with zero attached hydrogens (tertiary/aromatic N) is 1. The highest BCUT2D eigenvalue weighted by Crippen LogP contribution is 2.28. The summed E-state index contributed by atoms with van der Waals surface area (Å²) in [6, 6.07) is 13.9. The van der Waals surface area contributed by atoms with E-state index in [-0.39, 0.29) is 5.91 Å². The van der Waals surface area contributed by atoms with E-state index in [1.807, 2.05) is 24.3 Å². The van der Waals surface area contributed by atoms with Gasteiger partial charge in [0.1, 0.15) is 5.76 Å². The normalized spacial score (nSPS) is 10.9. The summed E-state index contributed by atoms with van der Waals surface area (Å²) in [6.45, 7) is 12.4. The Bertz CT molecular complexity index is 1020. The van der Waals surface area contributed by atoms with Gasteiger partial charge in [-0.15, -0.1) is 0 Å². The predicted molar refractivity (Wildman–Crippen MR) is 128 cm³/mol. The molecule has 0 aliphatic carbocycles. The van der Waals surface area contributed by atoms with Gasteiger partial charge < -0.3 is 14.6 Å². The van der Waals surface area contributed by atoms with E-state index in [4.69, 9.17) is 4.42 Å². The largest absolute Gasteiger partial charge is 0.456 e. The van der Waals surface area contributed by atoms with Crippen molar-refractivity contribution in [2.24, 2.45) is 0 Å². The molecule has 3 rings (SSSR count). The number of nitrogens with one attached hydrogen (secondary N) is 1. The summed E-state index contributed by atoms with van der Waals surface area (Å²) >= 11 is 0. The first kappa shape index (κ1) is 22.7. The molecular weight excluding hydrogens is 384 g/mol. The fourth-order valence-electron chi connectivity index (χ4n) is 4.03. The predicted octanol–water partition coefficient (Wildman–Crippen LogP) is 5.67. The van der Waals surface area contributed by atoms with E-state index >= 15 is 0 Å². The van der Waals surface area contributed by atoms with Crippen LogP contribution in [0.25, 0.3) is 0 Å². The molecule has 0 unspecified atom stereocenters. The quantitative estimate of drug-likeness (QED) is 0.480. The molecule has 0 saturated carbocycles. The Morgan fingerprint density at radius 2 is 1.48 bits per heavy atom. The van der Waals surface area contributed by atoms with E-state index in [2.05, 4.69) is 64.0 Å². The molecule has 0 atom stereocenters. The molecule has 0 fully saturated rings. The van der Waals surface area contributed by atoms with Crippen LogP contribution in [0.3, 0.4) is 0 Å². The fraction of sp³-hybridized carbons (Fsp3) is 0.370. The van der Waals surface area contributed by atoms with E-state index in [0.29, 0.717) is 18.7 Å². The minimum absolute atomic E-state index is 0.154. The SMILES string of the molecule is Cc1c(C)c(C)c(Cc2ccc(C(=O)NCCCN(C)c3ccccc3)o2)c(C)c1C. The highest BCUT2D eigenvalue weighted by molar-refractivity contribution is 5.91. The third-order valence-electron chi connectivity index (χ3n) is 6.54. The van der Waals surface area contributed by atoms with Crippen molar-refractivity contribution in [2.45, 2.75) is 47.5 Å². The van der Waals surface area contributed by atoms with Crippen LogP contribution in [0.4, 0.5) is 5.69 Å². The van der Waals surface area contributed by atoms with Gasteiger partial charge in [-0.25, -0.2) is 0 Å². The monoisotopic (exact) mass is 418 g/mol. The Balaban J connectivity index is 1.56. The van der Waals surface area contributed by atoms with Crippen LogP contribution in [0, 0.1) is 34.6 Å². The molecule has 0 aliphatic heterocycles. The second kappa shape index (κ2) is 9.86. The average molecular weight is 419 g/mol. The van der Waals surface area contributed by atoms with E-state index in [1.54, 1.807) is 6.07 Å². The van der Waals surface area contributed by atoms with Crippen LogP contribution < -0.4 is 10.2 Å². The number of anilines is 1. The van der Waals surface area contributed by atoms with Gasteiger partial charge >= 0.3 is 0 Å². The van der Waals surface area contributed by atoms with Crippen molar-refractivity contribution in [3.05, 3.63) is 87.4 Å². The molecule has 1 amide bonds. The number of benzene rings is 2. The first-order valence-electron chi connectivity index (χ1n) is 11.0. The van der Waals surface area contributed by atoms with Gasteiger partial charge in [0, 0.05) is 32.2 Å². The zero-order valence-electron chi connectivity index (χ0n) is 19.6. The summed E-state index contributed by atoms with van der Waals surface area (Å²) in [5.74, 6) is 1.04. The third-order valence-corrected chi connectivity index (χ3v) is 6.54. The van der Waals surface area contributed by atoms with Crippen molar-refractivity contribution in [1.82, 2.24) is 5.32 Å². The zero-order chi connectivity index (χ0) is 22.5. The molecule has 4 nitrogen and oxygen atoms in total. The summed E-state index contributed by atoms with van der Waals surface area (Å²) < 4.78 is 5.89. The van der Waals surface area contributed by atoms with Crippen molar-refractivity contribution in [1.29, 1.82) is 0 Å². The van der Waals surface area contributed by atoms with Crippen LogP contribution in [0.5, 0.6) is 0 Å². The van der Waals surface area contributed by atoms with Gasteiger partial charge in [0.25, 0.3) is 5.91 Å². The number of carbonyl (C=O) groups excluding carboxylic acids is 1. The summed E-state index contributed by atoms with van der Waals surface area (Å²) in [5, 5.41) is 2.97. The lowest BCUT2D eigenvalue weighted by Crippen LogP contribution is -2.27. The Morgan fingerprint density at radius 3 is 2.13 bits per heavy atom. The number of hydrogen-bond donors (Lipinski definition) is 1. The van der Waals surface area contributed by atoms with E-state index in [1.165, 1.54) is 39.1 Å². The number of hydrogen-bond acceptors (Lipinski definition) is 3. The summed E-state index contributed by atoms with van der Waals surface area (Å²) in [4.78, 5) is 14.7. The molecule has 2 aromatic carbocycles. The highest BCUT2D eigenvalue weighted by Gasteiger charge is 2.16. The smallest absolute Gasteiger partial charge is 0.286 e. The average Bonchev–Trinajstić information content (AvgIpc) is 3.26. The fourth-order valence-corrected chi connectivity index (χ4v) is 4.03. The van der Waals surface area contributed by atoms with Crippen molar-refractivity contribution in [3.63, 3.8) is 0 Å². The lowest BCUT2D eigenvalue weighted by atomic mass is 9.88. The number of furan rings is 1. The van der Waals surface area contributed by atoms with Crippen LogP contribution in [0.2, 0.25) is 0 Å². The molecule has 31 heavy (non-hydrogen) atoms. The molecule has 164 valence electrons. The summed E-state index contributed by atoms with van der Waals surface area (Å²) in [5.41, 5.74) is 9.13. The standard InChI is InChI=1S/C27H34N2O2/c1-18-19(2)21(4)25(22(5)20(18)3)17-24-13-14-26(31-24)27(30)28-15-10-16-29(6)23-11-8-7-9-12-23/h7-9,11-14H,10,15-17H2,1-6H3,(H,28,30). The maximum absolute atomic E-state index is 12.5. The maximum atomic E-state index is 12.5. The van der Waals surface area contributed by atoms with Crippen LogP contribution in [0.15, 0.2) is 46.9 Å². The highest BCUT2D eigenvalue weighted by atomic mass is 16.3. The van der Waals surface area contributed by atoms with Crippen molar-refractivity contribution in [2.75, 3.05) is 25.0 Å². The Hall–Kier alpha value is -3.01. The second-order valence-corrected chi connectivity index (χ2v) is 8.41. The topological polar surface area (TPSA) is 45.5 Å². The van der Waals surface area contributed by atoms with Crippen LogP contribution in [-0.4, -0.2) is 26.0 Å².